The van der Waals surface area contributed by atoms with Crippen LogP contribution in [0.15, 0.2) is 24.3 Å². The Morgan fingerprint density at radius 2 is 1.41 bits per heavy atom. The Hall–Kier alpha value is -1.30. The zero-order chi connectivity index (χ0) is 11.5. The molecule has 0 heterocycles. The van der Waals surface area contributed by atoms with Crippen LogP contribution in [0.25, 0.3) is 10.8 Å². The molecule has 0 aliphatic carbocycles. The number of benzene rings is 2. The summed E-state index contributed by atoms with van der Waals surface area (Å²) in [5.74, 6) is 2.28. The van der Waals surface area contributed by atoms with Crippen molar-refractivity contribution in [1.29, 1.82) is 0 Å². The van der Waals surface area contributed by atoms with Crippen LogP contribution in [0, 0.1) is 6.07 Å². The molecule has 0 spiro atoms. The molecule has 0 aliphatic rings. The Morgan fingerprint density at radius 3 is 2.00 bits per heavy atom. The normalized spacial score (nSPS) is 9.59. The molecule has 0 aromatic heterocycles. The molecule has 0 saturated carbocycles. The fraction of sp³-hybridized carbons (Fsp3) is 0.231. The van der Waals surface area contributed by atoms with Gasteiger partial charge in [0.05, 0.1) is 27.1 Å². The van der Waals surface area contributed by atoms with Gasteiger partial charge < -0.3 is 14.2 Å². The van der Waals surface area contributed by atoms with Crippen molar-refractivity contribution in [1.82, 2.24) is 0 Å². The molecule has 0 aliphatic heterocycles. The fourth-order valence-electron chi connectivity index (χ4n) is 1.76. The third-order valence-electron chi connectivity index (χ3n) is 2.52. The zero-order valence-corrected chi connectivity index (χ0v) is 10.5. The minimum atomic E-state index is 0. The van der Waals surface area contributed by atoms with E-state index in [0.717, 1.165) is 28.0 Å². The SMILES string of the molecule is COc1ccc(OC)c2c(OC)c[c-]cc12.[Li+]. The number of rotatable bonds is 3. The molecule has 0 radical (unpaired) electrons. The first-order valence-electron chi connectivity index (χ1n) is 4.90. The number of methoxy groups -OCH3 is 3. The van der Waals surface area contributed by atoms with E-state index in [4.69, 9.17) is 14.2 Å². The second-order valence-corrected chi connectivity index (χ2v) is 3.28. The molecule has 2 aromatic carbocycles. The summed E-state index contributed by atoms with van der Waals surface area (Å²) in [6.07, 6.45) is 0. The van der Waals surface area contributed by atoms with Crippen LogP contribution in [-0.2, 0) is 0 Å². The van der Waals surface area contributed by atoms with E-state index in [2.05, 4.69) is 6.07 Å². The first-order valence-corrected chi connectivity index (χ1v) is 4.90. The van der Waals surface area contributed by atoms with Gasteiger partial charge in [0.25, 0.3) is 0 Å². The Morgan fingerprint density at radius 1 is 0.824 bits per heavy atom. The molecular weight excluding hydrogens is 211 g/mol. The fourth-order valence-corrected chi connectivity index (χ4v) is 1.76. The molecule has 2 aromatic rings. The maximum Gasteiger partial charge on any atom is 1.00 e. The topological polar surface area (TPSA) is 27.7 Å². The standard InChI is InChI=1S/C13H13O3.Li/c1-14-10-7-8-12(16-3)13-9(10)5-4-6-11(13)15-2;/h5-8H,1-3H3;/q-1;+1. The Balaban J connectivity index is 0.00000144. The van der Waals surface area contributed by atoms with Crippen molar-refractivity contribution in [3.05, 3.63) is 30.3 Å². The van der Waals surface area contributed by atoms with Crippen LogP contribution in [0.1, 0.15) is 0 Å². The summed E-state index contributed by atoms with van der Waals surface area (Å²) in [7, 11) is 4.90. The van der Waals surface area contributed by atoms with Gasteiger partial charge in [-0.1, -0.05) is 5.39 Å². The van der Waals surface area contributed by atoms with Gasteiger partial charge in [0.2, 0.25) is 0 Å². The van der Waals surface area contributed by atoms with E-state index in [9.17, 15) is 0 Å². The van der Waals surface area contributed by atoms with E-state index in [1.165, 1.54) is 0 Å². The van der Waals surface area contributed by atoms with Gasteiger partial charge in [-0.05, 0) is 17.5 Å². The minimum absolute atomic E-state index is 0. The van der Waals surface area contributed by atoms with E-state index < -0.39 is 0 Å². The predicted octanol–water partition coefficient (Wildman–Crippen LogP) is -0.330. The van der Waals surface area contributed by atoms with Crippen LogP contribution >= 0.6 is 0 Å². The van der Waals surface area contributed by atoms with Crippen LogP contribution in [0.3, 0.4) is 0 Å². The molecule has 0 unspecified atom stereocenters. The van der Waals surface area contributed by atoms with Gasteiger partial charge in [0, 0.05) is 5.75 Å². The first kappa shape index (κ1) is 13.8. The Labute approximate surface area is 113 Å². The Kier molecular flexibility index (Phi) is 4.74. The second kappa shape index (κ2) is 5.86. The average Bonchev–Trinajstić information content (AvgIpc) is 2.36. The number of hydrogen-bond acceptors (Lipinski definition) is 3. The van der Waals surface area contributed by atoms with E-state index in [1.54, 1.807) is 27.4 Å². The number of hydrogen-bond donors (Lipinski definition) is 0. The van der Waals surface area contributed by atoms with Gasteiger partial charge in [0.15, 0.2) is 0 Å². The second-order valence-electron chi connectivity index (χ2n) is 3.28. The van der Waals surface area contributed by atoms with Crippen LogP contribution in [0.2, 0.25) is 0 Å². The van der Waals surface area contributed by atoms with Crippen molar-refractivity contribution >= 4 is 10.8 Å². The summed E-state index contributed by atoms with van der Waals surface area (Å²) < 4.78 is 15.9. The molecule has 3 nitrogen and oxygen atoms in total. The van der Waals surface area contributed by atoms with Crippen molar-refractivity contribution in [2.45, 2.75) is 0 Å². The van der Waals surface area contributed by atoms with Gasteiger partial charge in [-0.3, -0.25) is 0 Å². The van der Waals surface area contributed by atoms with E-state index in [-0.39, 0.29) is 18.9 Å². The molecule has 17 heavy (non-hydrogen) atoms. The summed E-state index contributed by atoms with van der Waals surface area (Å²) >= 11 is 0. The molecule has 2 rings (SSSR count). The number of fused-ring (bicyclic) bond motifs is 1. The monoisotopic (exact) mass is 224 g/mol. The third-order valence-corrected chi connectivity index (χ3v) is 2.52. The average molecular weight is 224 g/mol. The van der Waals surface area contributed by atoms with Crippen LogP contribution < -0.4 is 33.1 Å². The van der Waals surface area contributed by atoms with E-state index in [0.29, 0.717) is 0 Å². The molecule has 0 saturated heterocycles. The molecular formula is C13H13LiO3. The Bertz CT molecular complexity index is 501. The molecule has 0 bridgehead atoms. The summed E-state index contributed by atoms with van der Waals surface area (Å²) in [5.41, 5.74) is 0. The minimum Gasteiger partial charge on any atom is -0.553 e. The number of ether oxygens (including phenoxy) is 3. The van der Waals surface area contributed by atoms with Crippen molar-refractivity contribution < 1.29 is 33.1 Å². The molecule has 0 fully saturated rings. The largest absolute Gasteiger partial charge is 1.00 e. The zero-order valence-electron chi connectivity index (χ0n) is 10.5. The van der Waals surface area contributed by atoms with E-state index >= 15 is 0 Å². The third kappa shape index (κ3) is 2.36. The van der Waals surface area contributed by atoms with E-state index in [1.807, 2.05) is 18.2 Å². The van der Waals surface area contributed by atoms with Gasteiger partial charge in [-0.2, -0.15) is 12.1 Å². The molecule has 0 atom stereocenters. The van der Waals surface area contributed by atoms with Gasteiger partial charge in [0.1, 0.15) is 5.75 Å². The summed E-state index contributed by atoms with van der Waals surface area (Å²) in [4.78, 5) is 0. The molecule has 0 amide bonds. The molecule has 84 valence electrons. The molecule has 0 N–H and O–H groups in total. The predicted molar refractivity (Wildman–Crippen MR) is 62.4 cm³/mol. The quantitative estimate of drug-likeness (QED) is 0.528. The van der Waals surface area contributed by atoms with Crippen molar-refractivity contribution in [3.63, 3.8) is 0 Å². The van der Waals surface area contributed by atoms with Crippen molar-refractivity contribution in [3.8, 4) is 17.2 Å². The van der Waals surface area contributed by atoms with Crippen molar-refractivity contribution in [2.75, 3.05) is 21.3 Å². The summed E-state index contributed by atoms with van der Waals surface area (Å²) in [6.45, 7) is 0. The summed E-state index contributed by atoms with van der Waals surface area (Å²) in [5, 5.41) is 1.84. The van der Waals surface area contributed by atoms with Crippen molar-refractivity contribution in [2.24, 2.45) is 0 Å². The van der Waals surface area contributed by atoms with Gasteiger partial charge >= 0.3 is 18.9 Å². The maximum absolute atomic E-state index is 5.32. The van der Waals surface area contributed by atoms with Crippen LogP contribution in [0.5, 0.6) is 17.2 Å². The maximum atomic E-state index is 5.32. The van der Waals surface area contributed by atoms with Crippen LogP contribution in [0.4, 0.5) is 0 Å². The first-order chi connectivity index (χ1) is 7.81. The summed E-state index contributed by atoms with van der Waals surface area (Å²) in [6, 6.07) is 10.4. The molecule has 4 heteroatoms. The van der Waals surface area contributed by atoms with Gasteiger partial charge in [-0.15, -0.1) is 6.07 Å². The smallest absolute Gasteiger partial charge is 0.553 e. The van der Waals surface area contributed by atoms with Crippen LogP contribution in [-0.4, -0.2) is 21.3 Å². The van der Waals surface area contributed by atoms with Gasteiger partial charge in [-0.25, -0.2) is 0 Å².